The Morgan fingerprint density at radius 2 is 1.85 bits per heavy atom. The molecule has 1 heterocycles. The summed E-state index contributed by atoms with van der Waals surface area (Å²) in [4.78, 5) is 35.1. The lowest BCUT2D eigenvalue weighted by molar-refractivity contribution is -0.139. The van der Waals surface area contributed by atoms with Gasteiger partial charge in [-0.15, -0.1) is 0 Å². The molecule has 0 aromatic rings. The van der Waals surface area contributed by atoms with E-state index in [0.29, 0.717) is 25.9 Å². The van der Waals surface area contributed by atoms with Crippen LogP contribution in [0.4, 0.5) is 0 Å². The number of carboxylic acids is 2. The highest BCUT2D eigenvalue weighted by Gasteiger charge is 2.26. The van der Waals surface area contributed by atoms with E-state index in [2.05, 4.69) is 10.6 Å². The van der Waals surface area contributed by atoms with E-state index in [9.17, 15) is 14.4 Å². The van der Waals surface area contributed by atoms with Crippen LogP contribution < -0.4 is 10.6 Å². The monoisotopic (exact) mass is 287 g/mol. The summed E-state index contributed by atoms with van der Waals surface area (Å²) >= 11 is 0. The minimum Gasteiger partial charge on any atom is -0.480 e. The maximum atomic E-state index is 11.9. The average molecular weight is 287 g/mol. The zero-order valence-corrected chi connectivity index (χ0v) is 11.5. The Kier molecular flexibility index (Phi) is 6.40. The lowest BCUT2D eigenvalue weighted by atomic mass is 9.96. The summed E-state index contributed by atoms with van der Waals surface area (Å²) in [6.45, 7) is 1.17. The van der Waals surface area contributed by atoms with Gasteiger partial charge in [-0.1, -0.05) is 0 Å². The molecular formula is C12H21N3O5. The number of hydrogen-bond donors (Lipinski definition) is 4. The third kappa shape index (κ3) is 5.14. The Morgan fingerprint density at radius 1 is 1.25 bits per heavy atom. The van der Waals surface area contributed by atoms with E-state index in [1.165, 1.54) is 7.05 Å². The van der Waals surface area contributed by atoms with E-state index in [4.69, 9.17) is 10.2 Å². The summed E-state index contributed by atoms with van der Waals surface area (Å²) in [6.07, 6.45) is 1.19. The summed E-state index contributed by atoms with van der Waals surface area (Å²) in [5.41, 5.74) is 0. The fourth-order valence-corrected chi connectivity index (χ4v) is 2.20. The molecule has 8 nitrogen and oxygen atoms in total. The van der Waals surface area contributed by atoms with Crippen molar-refractivity contribution < 1.29 is 24.6 Å². The predicted octanol–water partition coefficient (Wildman–Crippen LogP) is -1.43. The number of likely N-dealkylation sites (N-methyl/N-ethyl adjacent to an activating group) is 1. The normalized spacial score (nSPS) is 18.4. The number of likely N-dealkylation sites (tertiary alicyclic amines) is 1. The van der Waals surface area contributed by atoms with Gasteiger partial charge in [0.1, 0.15) is 6.04 Å². The summed E-state index contributed by atoms with van der Waals surface area (Å²) in [5, 5.41) is 22.7. The van der Waals surface area contributed by atoms with Crippen LogP contribution in [-0.2, 0) is 14.4 Å². The lowest BCUT2D eigenvalue weighted by Gasteiger charge is -2.30. The highest BCUT2D eigenvalue weighted by Crippen LogP contribution is 2.16. The van der Waals surface area contributed by atoms with Crippen LogP contribution in [-0.4, -0.2) is 72.2 Å². The topological polar surface area (TPSA) is 119 Å². The number of carboxylic acid groups (broad SMARTS) is 2. The third-order valence-corrected chi connectivity index (χ3v) is 3.44. The number of aliphatic carboxylic acids is 2. The highest BCUT2D eigenvalue weighted by molar-refractivity contribution is 5.80. The number of rotatable bonds is 7. The first-order valence-electron chi connectivity index (χ1n) is 6.56. The largest absolute Gasteiger partial charge is 0.480 e. The molecule has 1 unspecified atom stereocenters. The van der Waals surface area contributed by atoms with Gasteiger partial charge < -0.3 is 20.8 Å². The first-order valence-corrected chi connectivity index (χ1v) is 6.56. The fourth-order valence-electron chi connectivity index (χ4n) is 2.20. The zero-order chi connectivity index (χ0) is 15.1. The van der Waals surface area contributed by atoms with Gasteiger partial charge in [-0.05, 0) is 33.0 Å². The van der Waals surface area contributed by atoms with Crippen LogP contribution in [0.3, 0.4) is 0 Å². The van der Waals surface area contributed by atoms with Gasteiger partial charge in [0.15, 0.2) is 0 Å². The number of nitrogens with one attached hydrogen (secondary N) is 2. The smallest absolute Gasteiger partial charge is 0.322 e. The molecule has 8 heteroatoms. The van der Waals surface area contributed by atoms with Crippen molar-refractivity contribution in [2.45, 2.75) is 18.9 Å². The van der Waals surface area contributed by atoms with Gasteiger partial charge in [0.25, 0.3) is 0 Å². The molecule has 1 rings (SSSR count). The van der Waals surface area contributed by atoms with E-state index < -0.39 is 18.0 Å². The van der Waals surface area contributed by atoms with Crippen LogP contribution in [0.15, 0.2) is 0 Å². The van der Waals surface area contributed by atoms with Crippen molar-refractivity contribution in [3.8, 4) is 0 Å². The quantitative estimate of drug-likeness (QED) is 0.453. The molecule has 20 heavy (non-hydrogen) atoms. The fraction of sp³-hybridized carbons (Fsp3) is 0.750. The molecule has 1 amide bonds. The van der Waals surface area contributed by atoms with E-state index in [0.717, 1.165) is 0 Å². The van der Waals surface area contributed by atoms with Crippen molar-refractivity contribution >= 4 is 17.8 Å². The second kappa shape index (κ2) is 7.81. The van der Waals surface area contributed by atoms with Crippen LogP contribution in [0, 0.1) is 5.92 Å². The van der Waals surface area contributed by atoms with E-state index in [1.807, 2.05) is 0 Å². The number of carbonyl (C=O) groups is 3. The predicted molar refractivity (Wildman–Crippen MR) is 70.3 cm³/mol. The molecule has 1 atom stereocenters. The molecule has 1 aliphatic heterocycles. The Labute approximate surface area is 117 Å². The van der Waals surface area contributed by atoms with Gasteiger partial charge >= 0.3 is 11.9 Å². The highest BCUT2D eigenvalue weighted by atomic mass is 16.4. The molecule has 0 aromatic carbocycles. The van der Waals surface area contributed by atoms with Crippen LogP contribution in [0.25, 0.3) is 0 Å². The van der Waals surface area contributed by atoms with Gasteiger partial charge in [-0.3, -0.25) is 19.3 Å². The Hall–Kier alpha value is -1.67. The molecule has 0 spiro atoms. The Bertz CT molecular complexity index is 366. The first-order chi connectivity index (χ1) is 9.43. The van der Waals surface area contributed by atoms with Gasteiger partial charge in [-0.25, -0.2) is 0 Å². The maximum Gasteiger partial charge on any atom is 0.322 e. The maximum absolute atomic E-state index is 11.9. The minimum absolute atomic E-state index is 0.00478. The molecule has 0 saturated carbocycles. The number of carbonyl (C=O) groups excluding carboxylic acids is 1. The lowest BCUT2D eigenvalue weighted by Crippen LogP contribution is -2.47. The molecule has 1 fully saturated rings. The Morgan fingerprint density at radius 3 is 2.30 bits per heavy atom. The van der Waals surface area contributed by atoms with Crippen molar-refractivity contribution in [3.63, 3.8) is 0 Å². The van der Waals surface area contributed by atoms with Crippen molar-refractivity contribution in [3.05, 3.63) is 0 Å². The van der Waals surface area contributed by atoms with E-state index in [-0.39, 0.29) is 24.9 Å². The zero-order valence-electron chi connectivity index (χ0n) is 11.5. The van der Waals surface area contributed by atoms with Gasteiger partial charge in [0.05, 0.1) is 6.54 Å². The van der Waals surface area contributed by atoms with Gasteiger partial charge in [0.2, 0.25) is 5.91 Å². The number of hydrogen-bond acceptors (Lipinski definition) is 5. The molecule has 114 valence electrons. The molecule has 0 aliphatic carbocycles. The van der Waals surface area contributed by atoms with Gasteiger partial charge in [-0.2, -0.15) is 0 Å². The summed E-state index contributed by atoms with van der Waals surface area (Å²) in [6, 6.07) is -0.800. The van der Waals surface area contributed by atoms with Crippen molar-refractivity contribution in [1.29, 1.82) is 0 Å². The summed E-state index contributed by atoms with van der Waals surface area (Å²) in [7, 11) is 1.52. The summed E-state index contributed by atoms with van der Waals surface area (Å²) < 4.78 is 0. The molecule has 0 bridgehead atoms. The third-order valence-electron chi connectivity index (χ3n) is 3.44. The van der Waals surface area contributed by atoms with Crippen LogP contribution in [0.2, 0.25) is 0 Å². The number of piperidine rings is 1. The molecule has 0 radical (unpaired) electrons. The van der Waals surface area contributed by atoms with Crippen LogP contribution in [0.1, 0.15) is 12.8 Å². The Balaban J connectivity index is 2.32. The standard InChI is InChI=1S/C12H21N3O5/c1-13-9(12(19)20)6-14-11(18)8-2-4-15(5-3-8)7-10(16)17/h8-9,13H,2-7H2,1H3,(H,14,18)(H,16,17)(H,19,20). The number of nitrogens with zero attached hydrogens (tertiary/aromatic N) is 1. The SMILES string of the molecule is CNC(CNC(=O)C1CCN(CC(=O)O)CC1)C(=O)O. The van der Waals surface area contributed by atoms with Crippen molar-refractivity contribution in [2.24, 2.45) is 5.92 Å². The first kappa shape index (κ1) is 16.4. The molecule has 4 N–H and O–H groups in total. The second-order valence-electron chi connectivity index (χ2n) is 4.87. The molecule has 1 saturated heterocycles. The number of amides is 1. The van der Waals surface area contributed by atoms with E-state index in [1.54, 1.807) is 4.90 Å². The average Bonchev–Trinajstić information content (AvgIpc) is 2.39. The molecule has 0 aromatic heterocycles. The second-order valence-corrected chi connectivity index (χ2v) is 4.87. The molecule has 1 aliphatic rings. The van der Waals surface area contributed by atoms with Gasteiger partial charge in [0, 0.05) is 12.5 Å². The van der Waals surface area contributed by atoms with Crippen molar-refractivity contribution in [1.82, 2.24) is 15.5 Å². The van der Waals surface area contributed by atoms with Crippen LogP contribution >= 0.6 is 0 Å². The van der Waals surface area contributed by atoms with Crippen LogP contribution in [0.5, 0.6) is 0 Å². The van der Waals surface area contributed by atoms with E-state index >= 15 is 0 Å². The van der Waals surface area contributed by atoms with Crippen molar-refractivity contribution in [2.75, 3.05) is 33.2 Å². The summed E-state index contributed by atoms with van der Waals surface area (Å²) in [5.74, 6) is -2.22. The minimum atomic E-state index is -1.01. The molecular weight excluding hydrogens is 266 g/mol.